The van der Waals surface area contributed by atoms with Gasteiger partial charge in [0, 0.05) is 12.5 Å². The minimum Gasteiger partial charge on any atom is -0.467 e. The molecule has 6 nitrogen and oxygen atoms in total. The highest BCUT2D eigenvalue weighted by Gasteiger charge is 2.49. The Kier molecular flexibility index (Phi) is 4.79. The predicted molar refractivity (Wildman–Crippen MR) is 91.9 cm³/mol. The highest BCUT2D eigenvalue weighted by atomic mass is 16.5. The standard InChI is InChI=1S/C19H24N2O4/c1-11(2)12-4-6-13(7-5-12)14-8-15(14)18(23)21-10-17(22)20-9-16(21)19(24)25-3/h4-7,11,14-16H,8-10H2,1-3H3,(H,20,22)/t14-,15-,16-/m0/s1. The van der Waals surface area contributed by atoms with Crippen LogP contribution in [-0.2, 0) is 19.1 Å². The zero-order valence-electron chi connectivity index (χ0n) is 14.8. The van der Waals surface area contributed by atoms with E-state index in [1.54, 1.807) is 0 Å². The summed E-state index contributed by atoms with van der Waals surface area (Å²) < 4.78 is 4.77. The van der Waals surface area contributed by atoms with Gasteiger partial charge in [-0.2, -0.15) is 0 Å². The molecule has 1 aliphatic heterocycles. The lowest BCUT2D eigenvalue weighted by molar-refractivity contribution is -0.156. The molecule has 0 unspecified atom stereocenters. The number of nitrogens with zero attached hydrogens (tertiary/aromatic N) is 1. The number of methoxy groups -OCH3 is 1. The molecule has 0 aromatic heterocycles. The van der Waals surface area contributed by atoms with E-state index in [1.165, 1.54) is 17.6 Å². The molecule has 0 radical (unpaired) electrons. The Morgan fingerprint density at radius 2 is 1.92 bits per heavy atom. The fourth-order valence-electron chi connectivity index (χ4n) is 3.40. The summed E-state index contributed by atoms with van der Waals surface area (Å²) in [6.07, 6.45) is 0.756. The van der Waals surface area contributed by atoms with Crippen LogP contribution in [0.5, 0.6) is 0 Å². The van der Waals surface area contributed by atoms with Gasteiger partial charge in [-0.3, -0.25) is 9.59 Å². The number of rotatable bonds is 4. The van der Waals surface area contributed by atoms with Crippen molar-refractivity contribution < 1.29 is 19.1 Å². The summed E-state index contributed by atoms with van der Waals surface area (Å²) in [5, 5.41) is 2.62. The van der Waals surface area contributed by atoms with Crippen molar-refractivity contribution in [2.45, 2.75) is 38.1 Å². The molecule has 6 heteroatoms. The molecule has 2 fully saturated rings. The molecule has 1 aliphatic carbocycles. The number of piperazine rings is 1. The summed E-state index contributed by atoms with van der Waals surface area (Å²) in [7, 11) is 1.29. The summed E-state index contributed by atoms with van der Waals surface area (Å²) in [4.78, 5) is 37.8. The largest absolute Gasteiger partial charge is 0.467 e. The molecule has 2 aliphatic rings. The lowest BCUT2D eigenvalue weighted by atomic mass is 9.99. The zero-order chi connectivity index (χ0) is 18.1. The Balaban J connectivity index is 1.70. The van der Waals surface area contributed by atoms with Crippen molar-refractivity contribution in [3.05, 3.63) is 35.4 Å². The van der Waals surface area contributed by atoms with Crippen LogP contribution < -0.4 is 5.32 Å². The minimum absolute atomic E-state index is 0.0892. The fourth-order valence-corrected chi connectivity index (χ4v) is 3.40. The van der Waals surface area contributed by atoms with Crippen molar-refractivity contribution in [1.29, 1.82) is 0 Å². The molecule has 1 aromatic rings. The molecule has 1 heterocycles. The van der Waals surface area contributed by atoms with E-state index in [4.69, 9.17) is 4.74 Å². The number of carbonyl (C=O) groups is 3. The van der Waals surface area contributed by atoms with Crippen LogP contribution in [0.4, 0.5) is 0 Å². The second kappa shape index (κ2) is 6.86. The van der Waals surface area contributed by atoms with Gasteiger partial charge in [-0.25, -0.2) is 4.79 Å². The van der Waals surface area contributed by atoms with Gasteiger partial charge in [0.15, 0.2) is 0 Å². The van der Waals surface area contributed by atoms with Crippen molar-refractivity contribution in [2.75, 3.05) is 20.2 Å². The average Bonchev–Trinajstić information content (AvgIpc) is 3.41. The van der Waals surface area contributed by atoms with Crippen molar-refractivity contribution in [1.82, 2.24) is 10.2 Å². The van der Waals surface area contributed by atoms with E-state index in [0.717, 1.165) is 12.0 Å². The van der Waals surface area contributed by atoms with E-state index in [9.17, 15) is 14.4 Å². The Morgan fingerprint density at radius 3 is 2.52 bits per heavy atom. The lowest BCUT2D eigenvalue weighted by Gasteiger charge is -2.33. The van der Waals surface area contributed by atoms with Gasteiger partial charge in [-0.05, 0) is 29.4 Å². The van der Waals surface area contributed by atoms with Crippen molar-refractivity contribution in [3.63, 3.8) is 0 Å². The number of hydrogen-bond donors (Lipinski definition) is 1. The second-order valence-electron chi connectivity index (χ2n) is 7.08. The zero-order valence-corrected chi connectivity index (χ0v) is 14.8. The summed E-state index contributed by atoms with van der Waals surface area (Å²) in [5.41, 5.74) is 2.41. The SMILES string of the molecule is COC(=O)[C@@H]1CNC(=O)CN1C(=O)[C@H]1C[C@H]1c1ccc(C(C)C)cc1. The Hall–Kier alpha value is -2.37. The molecule has 1 N–H and O–H groups in total. The molecular weight excluding hydrogens is 320 g/mol. The van der Waals surface area contributed by atoms with E-state index >= 15 is 0 Å². The quantitative estimate of drug-likeness (QED) is 0.838. The first-order valence-corrected chi connectivity index (χ1v) is 8.67. The van der Waals surface area contributed by atoms with Crippen LogP contribution in [-0.4, -0.2) is 48.9 Å². The highest BCUT2D eigenvalue weighted by molar-refractivity contribution is 5.93. The summed E-state index contributed by atoms with van der Waals surface area (Å²) in [5.74, 6) is -0.402. The first kappa shape index (κ1) is 17.5. The van der Waals surface area contributed by atoms with Crippen LogP contribution in [0.2, 0.25) is 0 Å². The fraction of sp³-hybridized carbons (Fsp3) is 0.526. The number of esters is 1. The molecule has 1 saturated carbocycles. The number of hydrogen-bond acceptors (Lipinski definition) is 4. The van der Waals surface area contributed by atoms with E-state index in [2.05, 4.69) is 43.4 Å². The molecule has 1 aromatic carbocycles. The van der Waals surface area contributed by atoms with Crippen molar-refractivity contribution >= 4 is 17.8 Å². The molecule has 0 spiro atoms. The Morgan fingerprint density at radius 1 is 1.24 bits per heavy atom. The summed E-state index contributed by atoms with van der Waals surface area (Å²) in [6.45, 7) is 4.31. The van der Waals surface area contributed by atoms with Gasteiger partial charge >= 0.3 is 5.97 Å². The van der Waals surface area contributed by atoms with Gasteiger partial charge in [0.2, 0.25) is 11.8 Å². The second-order valence-corrected chi connectivity index (χ2v) is 7.08. The lowest BCUT2D eigenvalue weighted by Crippen LogP contribution is -2.60. The minimum atomic E-state index is -0.736. The van der Waals surface area contributed by atoms with Gasteiger partial charge in [-0.15, -0.1) is 0 Å². The van der Waals surface area contributed by atoms with Gasteiger partial charge in [0.05, 0.1) is 7.11 Å². The van der Waals surface area contributed by atoms with E-state index in [1.807, 2.05) is 0 Å². The van der Waals surface area contributed by atoms with E-state index in [-0.39, 0.29) is 36.7 Å². The molecular formula is C19H24N2O4. The average molecular weight is 344 g/mol. The smallest absolute Gasteiger partial charge is 0.330 e. The van der Waals surface area contributed by atoms with Crippen LogP contribution in [0.15, 0.2) is 24.3 Å². The first-order chi connectivity index (χ1) is 11.9. The third-order valence-electron chi connectivity index (χ3n) is 5.08. The Bertz CT molecular complexity index is 683. The van der Waals surface area contributed by atoms with Crippen LogP contribution >= 0.6 is 0 Å². The molecule has 25 heavy (non-hydrogen) atoms. The molecule has 0 bridgehead atoms. The van der Waals surface area contributed by atoms with E-state index in [0.29, 0.717) is 5.92 Å². The third-order valence-corrected chi connectivity index (χ3v) is 5.08. The highest BCUT2D eigenvalue weighted by Crippen LogP contribution is 2.48. The number of carbonyl (C=O) groups excluding carboxylic acids is 3. The van der Waals surface area contributed by atoms with Gasteiger partial charge in [-0.1, -0.05) is 38.1 Å². The first-order valence-electron chi connectivity index (χ1n) is 8.67. The molecule has 3 atom stereocenters. The van der Waals surface area contributed by atoms with Crippen LogP contribution in [0, 0.1) is 5.92 Å². The maximum Gasteiger partial charge on any atom is 0.330 e. The molecule has 134 valence electrons. The maximum absolute atomic E-state index is 12.8. The summed E-state index contributed by atoms with van der Waals surface area (Å²) >= 11 is 0. The topological polar surface area (TPSA) is 75.7 Å². The van der Waals surface area contributed by atoms with Crippen LogP contribution in [0.3, 0.4) is 0 Å². The monoisotopic (exact) mass is 344 g/mol. The van der Waals surface area contributed by atoms with Crippen LogP contribution in [0.1, 0.15) is 43.2 Å². The molecule has 1 saturated heterocycles. The maximum atomic E-state index is 12.8. The van der Waals surface area contributed by atoms with Gasteiger partial charge in [0.25, 0.3) is 0 Å². The van der Waals surface area contributed by atoms with Gasteiger partial charge in [0.1, 0.15) is 12.6 Å². The van der Waals surface area contributed by atoms with Gasteiger partial charge < -0.3 is 15.0 Å². The number of amides is 2. The number of nitrogens with one attached hydrogen (secondary N) is 1. The van der Waals surface area contributed by atoms with Crippen LogP contribution in [0.25, 0.3) is 0 Å². The van der Waals surface area contributed by atoms with E-state index < -0.39 is 12.0 Å². The number of benzene rings is 1. The molecule has 3 rings (SSSR count). The van der Waals surface area contributed by atoms with Crippen molar-refractivity contribution in [3.8, 4) is 0 Å². The normalized spacial score (nSPS) is 25.5. The predicted octanol–water partition coefficient (Wildman–Crippen LogP) is 1.41. The molecule has 2 amide bonds. The third kappa shape index (κ3) is 3.52. The number of ether oxygens (including phenoxy) is 1. The summed E-state index contributed by atoms with van der Waals surface area (Å²) in [6, 6.07) is 7.62. The Labute approximate surface area is 147 Å². The van der Waals surface area contributed by atoms with Crippen molar-refractivity contribution in [2.24, 2.45) is 5.92 Å².